The molecule has 0 unspecified atom stereocenters. The number of hydrazone groups is 1. The second-order valence-corrected chi connectivity index (χ2v) is 7.14. The summed E-state index contributed by atoms with van der Waals surface area (Å²) < 4.78 is 0. The fourth-order valence-corrected chi connectivity index (χ4v) is 3.50. The molecule has 0 spiro atoms. The quantitative estimate of drug-likeness (QED) is 0.794. The predicted octanol–water partition coefficient (Wildman–Crippen LogP) is 3.59. The lowest BCUT2D eigenvalue weighted by molar-refractivity contribution is -0.125. The Bertz CT molecular complexity index is 777. The highest BCUT2D eigenvalue weighted by atomic mass is 32.2. The summed E-state index contributed by atoms with van der Waals surface area (Å²) in [5.74, 6) is 1.35. The minimum Gasteiger partial charge on any atom is -0.379 e. The van der Waals surface area contributed by atoms with E-state index in [2.05, 4.69) is 35.3 Å². The van der Waals surface area contributed by atoms with Crippen molar-refractivity contribution in [3.63, 3.8) is 0 Å². The van der Waals surface area contributed by atoms with Gasteiger partial charge in [-0.1, -0.05) is 30.4 Å². The second-order valence-electron chi connectivity index (χ2n) is 6.00. The summed E-state index contributed by atoms with van der Waals surface area (Å²) in [7, 11) is 0. The van der Waals surface area contributed by atoms with Crippen molar-refractivity contribution >= 4 is 29.1 Å². The number of carbonyl (C=O) groups is 1. The first-order valence-electron chi connectivity index (χ1n) is 8.22. The summed E-state index contributed by atoms with van der Waals surface area (Å²) >= 11 is 1.77. The van der Waals surface area contributed by atoms with E-state index in [1.54, 1.807) is 17.8 Å². The molecular weight excluding hydrogens is 332 g/mol. The third kappa shape index (κ3) is 4.33. The summed E-state index contributed by atoms with van der Waals surface area (Å²) in [5.41, 5.74) is 3.83. The molecule has 0 radical (unpaired) electrons. The molecule has 3 rings (SSSR count). The van der Waals surface area contributed by atoms with Crippen molar-refractivity contribution in [2.24, 2.45) is 5.10 Å². The van der Waals surface area contributed by atoms with Gasteiger partial charge in [-0.2, -0.15) is 10.1 Å². The molecule has 0 aromatic heterocycles. The maximum atomic E-state index is 12.4. The summed E-state index contributed by atoms with van der Waals surface area (Å²) in [4.78, 5) is 13.5. The molecule has 2 heterocycles. The lowest BCUT2D eigenvalue weighted by atomic mass is 10.2. The van der Waals surface area contributed by atoms with Crippen molar-refractivity contribution in [2.75, 3.05) is 17.6 Å². The van der Waals surface area contributed by atoms with E-state index in [9.17, 15) is 4.79 Å². The molecule has 25 heavy (non-hydrogen) atoms. The van der Waals surface area contributed by atoms with Crippen LogP contribution in [0.15, 0.2) is 64.5 Å². The van der Waals surface area contributed by atoms with Gasteiger partial charge in [0.15, 0.2) is 0 Å². The van der Waals surface area contributed by atoms with Gasteiger partial charge in [-0.25, -0.2) is 0 Å². The number of hydrogen-bond donors (Lipinski definition) is 2. The minimum atomic E-state index is -0.188. The predicted molar refractivity (Wildman–Crippen MR) is 105 cm³/mol. The van der Waals surface area contributed by atoms with Crippen LogP contribution in [-0.4, -0.2) is 28.9 Å². The molecule has 1 aromatic rings. The van der Waals surface area contributed by atoms with Gasteiger partial charge in [-0.3, -0.25) is 4.79 Å². The van der Waals surface area contributed by atoms with Gasteiger partial charge in [0.1, 0.15) is 5.82 Å². The Kier molecular flexibility index (Phi) is 5.28. The average molecular weight is 354 g/mol. The van der Waals surface area contributed by atoms with Gasteiger partial charge in [0.05, 0.1) is 12.3 Å². The van der Waals surface area contributed by atoms with Crippen molar-refractivity contribution in [1.29, 1.82) is 0 Å². The number of hydrogen-bond acceptors (Lipinski definition) is 5. The lowest BCUT2D eigenvalue weighted by Crippen LogP contribution is -2.38. The molecule has 1 amide bonds. The molecule has 5 nitrogen and oxygen atoms in total. The lowest BCUT2D eigenvalue weighted by Gasteiger charge is -2.26. The number of nitrogens with one attached hydrogen (secondary N) is 2. The fraction of sp³-hybridized carbons (Fsp3) is 0.263. The van der Waals surface area contributed by atoms with Gasteiger partial charge in [0, 0.05) is 28.1 Å². The first-order valence-corrected chi connectivity index (χ1v) is 9.21. The van der Waals surface area contributed by atoms with E-state index in [1.807, 2.05) is 31.2 Å². The van der Waals surface area contributed by atoms with Crippen molar-refractivity contribution in [3.05, 3.63) is 65.0 Å². The minimum absolute atomic E-state index is 0.188. The number of benzene rings is 1. The third-order valence-electron chi connectivity index (χ3n) is 3.91. The molecule has 130 valence electrons. The van der Waals surface area contributed by atoms with Gasteiger partial charge >= 0.3 is 0 Å². The van der Waals surface area contributed by atoms with Gasteiger partial charge in [-0.05, 0) is 32.4 Å². The van der Waals surface area contributed by atoms with Crippen LogP contribution < -0.4 is 10.6 Å². The fourth-order valence-electron chi connectivity index (χ4n) is 2.56. The van der Waals surface area contributed by atoms with Gasteiger partial charge < -0.3 is 10.6 Å². The van der Waals surface area contributed by atoms with Crippen LogP contribution in [0.5, 0.6) is 0 Å². The summed E-state index contributed by atoms with van der Waals surface area (Å²) in [6.07, 6.45) is 4.76. The number of amides is 1. The van der Waals surface area contributed by atoms with Crippen LogP contribution in [0.1, 0.15) is 18.9 Å². The Balaban J connectivity index is 1.65. The number of aryl methyl sites for hydroxylation is 1. The number of nitrogens with zero attached hydrogens (tertiary/aromatic N) is 2. The van der Waals surface area contributed by atoms with Crippen LogP contribution >= 0.6 is 11.8 Å². The molecule has 0 aliphatic carbocycles. The van der Waals surface area contributed by atoms with E-state index in [0.29, 0.717) is 12.4 Å². The zero-order chi connectivity index (χ0) is 17.8. The molecule has 0 saturated heterocycles. The molecular formula is C19H22N4OS. The van der Waals surface area contributed by atoms with E-state index >= 15 is 0 Å². The van der Waals surface area contributed by atoms with Crippen LogP contribution in [0.25, 0.3) is 0 Å². The average Bonchev–Trinajstić information content (AvgIpc) is 3.12. The maximum Gasteiger partial charge on any atom is 0.274 e. The van der Waals surface area contributed by atoms with Crippen LogP contribution in [0, 0.1) is 6.92 Å². The number of allylic oxidation sites excluding steroid dienone is 2. The number of carbonyl (C=O) groups excluding carboxylic acids is 1. The molecule has 2 aliphatic rings. The standard InChI is InChI=1S/C19H22N4OS/c1-13-6-8-16(9-7-13)20-12-17-11-19(24)23(15(3)21-17)22-14(2)18-5-4-10-25-18/h5-9,11,20-21H,3-4,10,12H2,1-2H3/b22-14+. The van der Waals surface area contributed by atoms with Crippen molar-refractivity contribution in [2.45, 2.75) is 20.3 Å². The highest BCUT2D eigenvalue weighted by Gasteiger charge is 2.22. The molecule has 0 atom stereocenters. The SMILES string of the molecule is C=C1NC(CNc2ccc(C)cc2)=CC(=O)N1/N=C(\C)C1=CCCS1. The van der Waals surface area contributed by atoms with Crippen LogP contribution in [0.2, 0.25) is 0 Å². The first-order chi connectivity index (χ1) is 12.0. The Labute approximate surface area is 152 Å². The largest absolute Gasteiger partial charge is 0.379 e. The summed E-state index contributed by atoms with van der Waals surface area (Å²) in [6, 6.07) is 8.12. The van der Waals surface area contributed by atoms with Crippen molar-refractivity contribution < 1.29 is 4.79 Å². The van der Waals surface area contributed by atoms with Crippen molar-refractivity contribution in [1.82, 2.24) is 10.3 Å². The van der Waals surface area contributed by atoms with Crippen molar-refractivity contribution in [3.8, 4) is 0 Å². The Morgan fingerprint density at radius 3 is 2.80 bits per heavy atom. The van der Waals surface area contributed by atoms with Crippen LogP contribution in [0.4, 0.5) is 5.69 Å². The van der Waals surface area contributed by atoms with E-state index < -0.39 is 0 Å². The topological polar surface area (TPSA) is 56.7 Å². The molecule has 6 heteroatoms. The maximum absolute atomic E-state index is 12.4. The van der Waals surface area contributed by atoms with E-state index in [1.165, 1.54) is 10.6 Å². The van der Waals surface area contributed by atoms with E-state index in [4.69, 9.17) is 0 Å². The number of thioether (sulfide) groups is 1. The number of rotatable bonds is 5. The van der Waals surface area contributed by atoms with Gasteiger partial charge in [-0.15, -0.1) is 11.8 Å². The van der Waals surface area contributed by atoms with Gasteiger partial charge in [0.25, 0.3) is 5.91 Å². The Hall–Kier alpha value is -2.47. The highest BCUT2D eigenvalue weighted by Crippen LogP contribution is 2.26. The first kappa shape index (κ1) is 17.4. The smallest absolute Gasteiger partial charge is 0.274 e. The zero-order valence-electron chi connectivity index (χ0n) is 14.5. The van der Waals surface area contributed by atoms with E-state index in [-0.39, 0.29) is 5.91 Å². The number of anilines is 1. The highest BCUT2D eigenvalue weighted by molar-refractivity contribution is 8.04. The molecule has 0 bridgehead atoms. The normalized spacial score (nSPS) is 18.0. The molecule has 0 saturated carbocycles. The molecule has 2 N–H and O–H groups in total. The van der Waals surface area contributed by atoms with Gasteiger partial charge in [0.2, 0.25) is 0 Å². The van der Waals surface area contributed by atoms with Crippen LogP contribution in [0.3, 0.4) is 0 Å². The monoisotopic (exact) mass is 354 g/mol. The Morgan fingerprint density at radius 2 is 2.16 bits per heavy atom. The second kappa shape index (κ2) is 7.61. The Morgan fingerprint density at radius 1 is 1.40 bits per heavy atom. The molecule has 2 aliphatic heterocycles. The third-order valence-corrected chi connectivity index (χ3v) is 5.13. The molecule has 1 aromatic carbocycles. The summed E-state index contributed by atoms with van der Waals surface area (Å²) in [6.45, 7) is 8.42. The van der Waals surface area contributed by atoms with E-state index in [0.717, 1.165) is 34.2 Å². The van der Waals surface area contributed by atoms with Crippen LogP contribution in [-0.2, 0) is 4.79 Å². The zero-order valence-corrected chi connectivity index (χ0v) is 15.3. The molecule has 0 fully saturated rings. The summed E-state index contributed by atoms with van der Waals surface area (Å²) in [5, 5.41) is 12.2.